The van der Waals surface area contributed by atoms with Crippen molar-refractivity contribution in [3.05, 3.63) is 36.0 Å². The standard InChI is InChI=1S/C11H12N2O/c1-8-4-3-5-9(11(8)14)10-6-7-13(2)12-10/h3-7,14H,1-2H3. The molecule has 0 bridgehead atoms. The van der Waals surface area contributed by atoms with Crippen molar-refractivity contribution in [2.75, 3.05) is 0 Å². The molecule has 3 heteroatoms. The van der Waals surface area contributed by atoms with Gasteiger partial charge in [0.05, 0.1) is 5.69 Å². The predicted molar refractivity (Wildman–Crippen MR) is 55.0 cm³/mol. The summed E-state index contributed by atoms with van der Waals surface area (Å²) < 4.78 is 1.72. The third-order valence-electron chi connectivity index (χ3n) is 2.23. The fraction of sp³-hybridized carbons (Fsp3) is 0.182. The van der Waals surface area contributed by atoms with Gasteiger partial charge in [-0.05, 0) is 24.6 Å². The van der Waals surface area contributed by atoms with Crippen molar-refractivity contribution in [2.45, 2.75) is 6.92 Å². The molecule has 14 heavy (non-hydrogen) atoms. The molecule has 0 aliphatic rings. The number of aryl methyl sites for hydroxylation is 2. The number of aromatic hydroxyl groups is 1. The zero-order chi connectivity index (χ0) is 10.1. The molecular formula is C11H12N2O. The van der Waals surface area contributed by atoms with Crippen molar-refractivity contribution in [3.8, 4) is 17.0 Å². The Kier molecular flexibility index (Phi) is 2.00. The summed E-state index contributed by atoms with van der Waals surface area (Å²) in [6.07, 6.45) is 1.86. The smallest absolute Gasteiger partial charge is 0.127 e. The lowest BCUT2D eigenvalue weighted by atomic mass is 10.1. The minimum atomic E-state index is 0.311. The van der Waals surface area contributed by atoms with E-state index in [0.717, 1.165) is 16.8 Å². The summed E-state index contributed by atoms with van der Waals surface area (Å²) in [7, 11) is 1.86. The average Bonchev–Trinajstić information content (AvgIpc) is 2.57. The molecule has 0 radical (unpaired) electrons. The fourth-order valence-corrected chi connectivity index (χ4v) is 1.42. The second-order valence-corrected chi connectivity index (χ2v) is 3.35. The van der Waals surface area contributed by atoms with Gasteiger partial charge in [0, 0.05) is 18.8 Å². The lowest BCUT2D eigenvalue weighted by Crippen LogP contribution is -1.88. The molecule has 2 rings (SSSR count). The summed E-state index contributed by atoms with van der Waals surface area (Å²) in [4.78, 5) is 0. The Labute approximate surface area is 82.6 Å². The molecule has 0 spiro atoms. The maximum absolute atomic E-state index is 9.81. The highest BCUT2D eigenvalue weighted by atomic mass is 16.3. The normalized spacial score (nSPS) is 10.4. The van der Waals surface area contributed by atoms with Gasteiger partial charge in [0.2, 0.25) is 0 Å². The molecule has 3 nitrogen and oxygen atoms in total. The van der Waals surface area contributed by atoms with E-state index >= 15 is 0 Å². The number of hydrogen-bond acceptors (Lipinski definition) is 2. The molecule has 1 N–H and O–H groups in total. The van der Waals surface area contributed by atoms with Gasteiger partial charge in [0.25, 0.3) is 0 Å². The van der Waals surface area contributed by atoms with E-state index in [1.807, 2.05) is 44.4 Å². The van der Waals surface area contributed by atoms with Crippen LogP contribution in [0.4, 0.5) is 0 Å². The van der Waals surface area contributed by atoms with Gasteiger partial charge in [-0.1, -0.05) is 12.1 Å². The average molecular weight is 188 g/mol. The topological polar surface area (TPSA) is 38.0 Å². The van der Waals surface area contributed by atoms with E-state index in [9.17, 15) is 5.11 Å². The first-order valence-corrected chi connectivity index (χ1v) is 4.47. The third-order valence-corrected chi connectivity index (χ3v) is 2.23. The Morgan fingerprint density at radius 3 is 2.71 bits per heavy atom. The Morgan fingerprint density at radius 1 is 1.29 bits per heavy atom. The van der Waals surface area contributed by atoms with E-state index in [0.29, 0.717) is 5.75 Å². The van der Waals surface area contributed by atoms with Gasteiger partial charge in [-0.3, -0.25) is 4.68 Å². The summed E-state index contributed by atoms with van der Waals surface area (Å²) >= 11 is 0. The first-order valence-electron chi connectivity index (χ1n) is 4.47. The molecule has 0 atom stereocenters. The molecule has 0 fully saturated rings. The predicted octanol–water partition coefficient (Wildman–Crippen LogP) is 2.10. The quantitative estimate of drug-likeness (QED) is 0.744. The van der Waals surface area contributed by atoms with Gasteiger partial charge >= 0.3 is 0 Å². The van der Waals surface area contributed by atoms with Gasteiger partial charge in [0.15, 0.2) is 0 Å². The summed E-state index contributed by atoms with van der Waals surface area (Å²) in [5.41, 5.74) is 2.45. The zero-order valence-corrected chi connectivity index (χ0v) is 8.23. The number of rotatable bonds is 1. The number of nitrogens with zero attached hydrogens (tertiary/aromatic N) is 2. The zero-order valence-electron chi connectivity index (χ0n) is 8.23. The first-order chi connectivity index (χ1) is 6.68. The van der Waals surface area contributed by atoms with Crippen molar-refractivity contribution in [3.63, 3.8) is 0 Å². The van der Waals surface area contributed by atoms with Crippen LogP contribution >= 0.6 is 0 Å². The molecule has 1 aromatic carbocycles. The third kappa shape index (κ3) is 1.37. The number of phenolic OH excluding ortho intramolecular Hbond substituents is 1. The van der Waals surface area contributed by atoms with Gasteiger partial charge < -0.3 is 5.11 Å². The second-order valence-electron chi connectivity index (χ2n) is 3.35. The molecule has 1 heterocycles. The van der Waals surface area contributed by atoms with E-state index in [1.165, 1.54) is 0 Å². The maximum atomic E-state index is 9.81. The van der Waals surface area contributed by atoms with Crippen LogP contribution in [0.3, 0.4) is 0 Å². The molecule has 0 amide bonds. The van der Waals surface area contributed by atoms with Crippen LogP contribution in [0.2, 0.25) is 0 Å². The highest BCUT2D eigenvalue weighted by molar-refractivity contribution is 5.68. The van der Waals surface area contributed by atoms with E-state index in [4.69, 9.17) is 0 Å². The number of phenols is 1. The van der Waals surface area contributed by atoms with Crippen molar-refractivity contribution in [1.29, 1.82) is 0 Å². The number of hydrogen-bond donors (Lipinski definition) is 1. The SMILES string of the molecule is Cc1cccc(-c2ccn(C)n2)c1O. The monoisotopic (exact) mass is 188 g/mol. The highest BCUT2D eigenvalue weighted by Gasteiger charge is 2.07. The van der Waals surface area contributed by atoms with Crippen LogP contribution in [0.5, 0.6) is 5.75 Å². The van der Waals surface area contributed by atoms with Crippen molar-refractivity contribution < 1.29 is 5.11 Å². The summed E-state index contributed by atoms with van der Waals surface area (Å²) in [6, 6.07) is 7.54. The lowest BCUT2D eigenvalue weighted by Gasteiger charge is -2.03. The second kappa shape index (κ2) is 3.18. The fourth-order valence-electron chi connectivity index (χ4n) is 1.42. The van der Waals surface area contributed by atoms with Crippen LogP contribution in [0.25, 0.3) is 11.3 Å². The van der Waals surface area contributed by atoms with Crippen molar-refractivity contribution >= 4 is 0 Å². The lowest BCUT2D eigenvalue weighted by molar-refractivity contribution is 0.473. The van der Waals surface area contributed by atoms with E-state index in [2.05, 4.69) is 5.10 Å². The first kappa shape index (κ1) is 8.81. The number of para-hydroxylation sites is 1. The molecule has 0 unspecified atom stereocenters. The molecule has 0 saturated carbocycles. The Morgan fingerprint density at radius 2 is 2.07 bits per heavy atom. The Bertz CT molecular complexity index is 460. The van der Waals surface area contributed by atoms with Crippen LogP contribution < -0.4 is 0 Å². The van der Waals surface area contributed by atoms with Crippen LogP contribution in [-0.4, -0.2) is 14.9 Å². The molecular weight excluding hydrogens is 176 g/mol. The van der Waals surface area contributed by atoms with E-state index in [1.54, 1.807) is 4.68 Å². The Balaban J connectivity index is 2.57. The van der Waals surface area contributed by atoms with Crippen molar-refractivity contribution in [1.82, 2.24) is 9.78 Å². The Hall–Kier alpha value is -1.77. The molecule has 72 valence electrons. The van der Waals surface area contributed by atoms with Gasteiger partial charge in [0.1, 0.15) is 5.75 Å². The van der Waals surface area contributed by atoms with E-state index < -0.39 is 0 Å². The van der Waals surface area contributed by atoms with Crippen LogP contribution in [0.1, 0.15) is 5.56 Å². The van der Waals surface area contributed by atoms with Gasteiger partial charge in [-0.25, -0.2) is 0 Å². The summed E-state index contributed by atoms with van der Waals surface area (Å²) in [5.74, 6) is 0.311. The van der Waals surface area contributed by atoms with Crippen LogP contribution in [0, 0.1) is 6.92 Å². The van der Waals surface area contributed by atoms with Gasteiger partial charge in [-0.15, -0.1) is 0 Å². The molecule has 0 aliphatic carbocycles. The van der Waals surface area contributed by atoms with Crippen molar-refractivity contribution in [2.24, 2.45) is 7.05 Å². The maximum Gasteiger partial charge on any atom is 0.127 e. The van der Waals surface area contributed by atoms with Gasteiger partial charge in [-0.2, -0.15) is 5.10 Å². The summed E-state index contributed by atoms with van der Waals surface area (Å²) in [5, 5.41) is 14.1. The minimum absolute atomic E-state index is 0.311. The van der Waals surface area contributed by atoms with Crippen LogP contribution in [0.15, 0.2) is 30.5 Å². The molecule has 2 aromatic rings. The molecule has 0 aliphatic heterocycles. The largest absolute Gasteiger partial charge is 0.507 e. The summed E-state index contributed by atoms with van der Waals surface area (Å²) in [6.45, 7) is 1.88. The van der Waals surface area contributed by atoms with E-state index in [-0.39, 0.29) is 0 Å². The number of benzene rings is 1. The number of aromatic nitrogens is 2. The molecule has 0 saturated heterocycles. The molecule has 1 aromatic heterocycles. The van der Waals surface area contributed by atoms with Crippen LogP contribution in [-0.2, 0) is 7.05 Å². The highest BCUT2D eigenvalue weighted by Crippen LogP contribution is 2.29. The minimum Gasteiger partial charge on any atom is -0.507 e.